The Morgan fingerprint density at radius 1 is 0.971 bits per heavy atom. The Morgan fingerprint density at radius 2 is 1.57 bits per heavy atom. The number of nitrogens with one attached hydrogen (secondary N) is 2. The van der Waals surface area contributed by atoms with Gasteiger partial charge >= 0.3 is 0 Å². The molecule has 0 aliphatic carbocycles. The molecule has 8 nitrogen and oxygen atoms in total. The molecule has 2 amide bonds. The molecule has 0 aliphatic heterocycles. The Balaban J connectivity index is 1.75. The van der Waals surface area contributed by atoms with Crippen LogP contribution in [-0.2, 0) is 4.79 Å². The summed E-state index contributed by atoms with van der Waals surface area (Å²) in [6.07, 6.45) is 1.68. The van der Waals surface area contributed by atoms with Crippen molar-refractivity contribution in [3.05, 3.63) is 71.3 Å². The molecule has 0 aliphatic rings. The zero-order chi connectivity index (χ0) is 25.7. The fraction of sp³-hybridized carbons (Fsp3) is 0.346. The molecule has 1 aromatic heterocycles. The van der Waals surface area contributed by atoms with Crippen LogP contribution >= 0.6 is 0 Å². The number of benzene rings is 2. The third kappa shape index (κ3) is 5.98. The van der Waals surface area contributed by atoms with Crippen LogP contribution in [0, 0.1) is 18.7 Å². The fourth-order valence-electron chi connectivity index (χ4n) is 3.77. The second-order valence-electron chi connectivity index (χ2n) is 8.60. The van der Waals surface area contributed by atoms with E-state index in [0.717, 1.165) is 16.9 Å². The van der Waals surface area contributed by atoms with E-state index in [2.05, 4.69) is 15.7 Å². The minimum atomic E-state index is -0.769. The molecule has 2 aromatic carbocycles. The van der Waals surface area contributed by atoms with Crippen LogP contribution in [0.4, 0.5) is 4.39 Å². The summed E-state index contributed by atoms with van der Waals surface area (Å²) in [5.41, 5.74) is 2.67. The number of amides is 2. The molecule has 186 valence electrons. The van der Waals surface area contributed by atoms with Gasteiger partial charge in [-0.25, -0.2) is 9.07 Å². The van der Waals surface area contributed by atoms with Crippen LogP contribution < -0.4 is 20.1 Å². The van der Waals surface area contributed by atoms with Crippen molar-refractivity contribution in [2.45, 2.75) is 39.8 Å². The van der Waals surface area contributed by atoms with E-state index in [1.54, 1.807) is 41.2 Å². The van der Waals surface area contributed by atoms with E-state index in [4.69, 9.17) is 9.47 Å². The molecule has 2 atom stereocenters. The topological polar surface area (TPSA) is 94.5 Å². The maximum atomic E-state index is 13.3. The van der Waals surface area contributed by atoms with E-state index in [1.165, 1.54) is 26.4 Å². The standard InChI is InChI=1S/C26H31FN4O4/c1-15(2)24(30-25(32)18-11-21(34-5)13-22(12-18)35-6)26(33)29-16(3)23-14-28-31(17(23)4)20-9-7-19(27)8-10-20/h7-16,24H,1-6H3,(H,29,33)(H,30,32). The monoisotopic (exact) mass is 482 g/mol. The third-order valence-corrected chi connectivity index (χ3v) is 5.79. The van der Waals surface area contributed by atoms with Gasteiger partial charge in [0.1, 0.15) is 23.4 Å². The highest BCUT2D eigenvalue weighted by Gasteiger charge is 2.27. The molecule has 3 rings (SSSR count). The molecule has 35 heavy (non-hydrogen) atoms. The number of rotatable bonds is 9. The first-order valence-corrected chi connectivity index (χ1v) is 11.3. The average molecular weight is 483 g/mol. The van der Waals surface area contributed by atoms with Crippen molar-refractivity contribution in [3.8, 4) is 17.2 Å². The summed E-state index contributed by atoms with van der Waals surface area (Å²) in [5, 5.41) is 10.2. The van der Waals surface area contributed by atoms with Crippen LogP contribution in [0.2, 0.25) is 0 Å². The summed E-state index contributed by atoms with van der Waals surface area (Å²) >= 11 is 0. The van der Waals surface area contributed by atoms with Crippen LogP contribution in [0.25, 0.3) is 5.69 Å². The minimum Gasteiger partial charge on any atom is -0.497 e. The maximum Gasteiger partial charge on any atom is 0.252 e. The number of carbonyl (C=O) groups excluding carboxylic acids is 2. The van der Waals surface area contributed by atoms with Crippen molar-refractivity contribution < 1.29 is 23.5 Å². The summed E-state index contributed by atoms with van der Waals surface area (Å²) in [6, 6.07) is 9.72. The predicted molar refractivity (Wildman–Crippen MR) is 130 cm³/mol. The molecule has 0 spiro atoms. The Hall–Kier alpha value is -3.88. The van der Waals surface area contributed by atoms with Crippen LogP contribution in [0.15, 0.2) is 48.7 Å². The average Bonchev–Trinajstić information content (AvgIpc) is 3.23. The van der Waals surface area contributed by atoms with Gasteiger partial charge in [0.05, 0.1) is 32.1 Å². The number of ether oxygens (including phenoxy) is 2. The van der Waals surface area contributed by atoms with Gasteiger partial charge < -0.3 is 20.1 Å². The maximum absolute atomic E-state index is 13.3. The molecule has 0 bridgehead atoms. The molecule has 2 N–H and O–H groups in total. The summed E-state index contributed by atoms with van der Waals surface area (Å²) in [7, 11) is 3.00. The van der Waals surface area contributed by atoms with Crippen molar-refractivity contribution in [1.29, 1.82) is 0 Å². The number of methoxy groups -OCH3 is 2. The summed E-state index contributed by atoms with van der Waals surface area (Å²) in [4.78, 5) is 26.1. The van der Waals surface area contributed by atoms with Crippen LogP contribution in [0.3, 0.4) is 0 Å². The second-order valence-corrected chi connectivity index (χ2v) is 8.60. The molecule has 0 fully saturated rings. The summed E-state index contributed by atoms with van der Waals surface area (Å²) in [5.74, 6) is -0.270. The zero-order valence-corrected chi connectivity index (χ0v) is 20.8. The largest absolute Gasteiger partial charge is 0.497 e. The van der Waals surface area contributed by atoms with Crippen molar-refractivity contribution in [1.82, 2.24) is 20.4 Å². The Bertz CT molecular complexity index is 1170. The summed E-state index contributed by atoms with van der Waals surface area (Å²) < 4.78 is 25.4. The summed E-state index contributed by atoms with van der Waals surface area (Å²) in [6.45, 7) is 7.45. The van der Waals surface area contributed by atoms with E-state index in [0.29, 0.717) is 17.1 Å². The van der Waals surface area contributed by atoms with Crippen molar-refractivity contribution >= 4 is 11.8 Å². The highest BCUT2D eigenvalue weighted by Crippen LogP contribution is 2.23. The highest BCUT2D eigenvalue weighted by molar-refractivity contribution is 5.98. The van der Waals surface area contributed by atoms with E-state index in [-0.39, 0.29) is 23.7 Å². The molecular formula is C26H31FN4O4. The van der Waals surface area contributed by atoms with E-state index in [1.807, 2.05) is 27.7 Å². The normalized spacial score (nSPS) is 12.7. The van der Waals surface area contributed by atoms with Gasteiger partial charge in [-0.3, -0.25) is 9.59 Å². The zero-order valence-electron chi connectivity index (χ0n) is 20.8. The second kappa shape index (κ2) is 11.0. The van der Waals surface area contributed by atoms with E-state index < -0.39 is 11.9 Å². The van der Waals surface area contributed by atoms with Gasteiger partial charge in [-0.05, 0) is 56.2 Å². The molecule has 0 radical (unpaired) electrons. The van der Waals surface area contributed by atoms with Gasteiger partial charge in [-0.1, -0.05) is 13.8 Å². The van der Waals surface area contributed by atoms with Gasteiger partial charge in [0.15, 0.2) is 0 Å². The smallest absolute Gasteiger partial charge is 0.252 e. The Kier molecular flexibility index (Phi) is 8.11. The van der Waals surface area contributed by atoms with E-state index in [9.17, 15) is 14.0 Å². The lowest BCUT2D eigenvalue weighted by Gasteiger charge is -2.24. The third-order valence-electron chi connectivity index (χ3n) is 5.79. The first-order chi connectivity index (χ1) is 16.6. The fourth-order valence-corrected chi connectivity index (χ4v) is 3.77. The number of aromatic nitrogens is 2. The molecule has 0 saturated carbocycles. The number of halogens is 1. The number of hydrogen-bond donors (Lipinski definition) is 2. The van der Waals surface area contributed by atoms with Crippen LogP contribution in [0.5, 0.6) is 11.5 Å². The highest BCUT2D eigenvalue weighted by atomic mass is 19.1. The number of nitrogens with zero attached hydrogens (tertiary/aromatic N) is 2. The molecule has 2 unspecified atom stereocenters. The number of hydrogen-bond acceptors (Lipinski definition) is 5. The van der Waals surface area contributed by atoms with E-state index >= 15 is 0 Å². The Labute approximate surface area is 204 Å². The molecular weight excluding hydrogens is 451 g/mol. The SMILES string of the molecule is COc1cc(OC)cc(C(=O)NC(C(=O)NC(C)c2cnn(-c3ccc(F)cc3)c2C)C(C)C)c1. The number of carbonyl (C=O) groups is 2. The van der Waals surface area contributed by atoms with Crippen LogP contribution in [-0.4, -0.2) is 41.9 Å². The first-order valence-electron chi connectivity index (χ1n) is 11.3. The molecule has 3 aromatic rings. The van der Waals surface area contributed by atoms with Gasteiger partial charge in [-0.2, -0.15) is 5.10 Å². The lowest BCUT2D eigenvalue weighted by Crippen LogP contribution is -2.50. The molecule has 1 heterocycles. The predicted octanol–water partition coefficient (Wildman–Crippen LogP) is 3.97. The van der Waals surface area contributed by atoms with Gasteiger partial charge in [-0.15, -0.1) is 0 Å². The minimum absolute atomic E-state index is 0.165. The lowest BCUT2D eigenvalue weighted by molar-refractivity contribution is -0.124. The quantitative estimate of drug-likeness (QED) is 0.481. The van der Waals surface area contributed by atoms with Gasteiger partial charge in [0.25, 0.3) is 5.91 Å². The van der Waals surface area contributed by atoms with Crippen molar-refractivity contribution in [2.75, 3.05) is 14.2 Å². The first kappa shape index (κ1) is 25.7. The molecule has 9 heteroatoms. The van der Waals surface area contributed by atoms with Gasteiger partial charge in [0.2, 0.25) is 5.91 Å². The molecule has 0 saturated heterocycles. The van der Waals surface area contributed by atoms with Gasteiger partial charge in [0, 0.05) is 22.9 Å². The Morgan fingerprint density at radius 3 is 2.11 bits per heavy atom. The van der Waals surface area contributed by atoms with Crippen LogP contribution in [0.1, 0.15) is 48.4 Å². The van der Waals surface area contributed by atoms with Crippen molar-refractivity contribution in [3.63, 3.8) is 0 Å². The lowest BCUT2D eigenvalue weighted by atomic mass is 10.0. The van der Waals surface area contributed by atoms with Crippen molar-refractivity contribution in [2.24, 2.45) is 5.92 Å².